The maximum atomic E-state index is 13.1. The van der Waals surface area contributed by atoms with Crippen LogP contribution in [0.2, 0.25) is 0 Å². The molecular formula is C26H22BrN5O4. The summed E-state index contributed by atoms with van der Waals surface area (Å²) in [5, 5.41) is 4.82. The van der Waals surface area contributed by atoms with Gasteiger partial charge in [0.2, 0.25) is 0 Å². The zero-order chi connectivity index (χ0) is 24.8. The van der Waals surface area contributed by atoms with Gasteiger partial charge in [0.1, 0.15) is 11.8 Å². The number of nitrogens with one attached hydrogen (secondary N) is 2. The average Bonchev–Trinajstić information content (AvgIpc) is 3.65. The molecule has 182 valence electrons. The molecule has 2 unspecified atom stereocenters. The third kappa shape index (κ3) is 4.08. The van der Waals surface area contributed by atoms with E-state index in [0.29, 0.717) is 18.7 Å². The van der Waals surface area contributed by atoms with Crippen LogP contribution in [0.4, 0.5) is 0 Å². The second-order valence-electron chi connectivity index (χ2n) is 8.74. The number of carbonyl (C=O) groups is 1. The van der Waals surface area contributed by atoms with Crippen LogP contribution in [0.15, 0.2) is 80.9 Å². The number of fused-ring (bicyclic) bond motifs is 1. The molecule has 2 N–H and O–H groups in total. The van der Waals surface area contributed by atoms with Crippen LogP contribution in [0.3, 0.4) is 0 Å². The molecule has 3 aromatic heterocycles. The summed E-state index contributed by atoms with van der Waals surface area (Å²) < 4.78 is 14.3. The molecule has 5 aromatic rings. The summed E-state index contributed by atoms with van der Waals surface area (Å²) in [7, 11) is 0. The van der Waals surface area contributed by atoms with Crippen LogP contribution in [-0.4, -0.2) is 43.2 Å². The summed E-state index contributed by atoms with van der Waals surface area (Å²) in [6.45, 7) is 2.21. The van der Waals surface area contributed by atoms with Crippen molar-refractivity contribution in [2.24, 2.45) is 0 Å². The van der Waals surface area contributed by atoms with Crippen molar-refractivity contribution in [2.75, 3.05) is 6.54 Å². The van der Waals surface area contributed by atoms with Gasteiger partial charge in [-0.05, 0) is 61.4 Å². The van der Waals surface area contributed by atoms with Gasteiger partial charge in [0.25, 0.3) is 5.91 Å². The van der Waals surface area contributed by atoms with Crippen molar-refractivity contribution in [1.29, 1.82) is 0 Å². The van der Waals surface area contributed by atoms with Crippen LogP contribution in [0.25, 0.3) is 28.0 Å². The van der Waals surface area contributed by atoms with Crippen LogP contribution in [0.5, 0.6) is 0 Å². The molecule has 10 heteroatoms. The monoisotopic (exact) mass is 547 g/mol. The third-order valence-corrected chi connectivity index (χ3v) is 6.89. The van der Waals surface area contributed by atoms with Crippen molar-refractivity contribution in [1.82, 2.24) is 24.6 Å². The minimum atomic E-state index is -0.600. The van der Waals surface area contributed by atoms with Crippen LogP contribution in [0, 0.1) is 0 Å². The summed E-state index contributed by atoms with van der Waals surface area (Å²) in [5.74, 6) is -0.0781. The van der Waals surface area contributed by atoms with Gasteiger partial charge in [0, 0.05) is 28.3 Å². The molecule has 1 fully saturated rings. The van der Waals surface area contributed by atoms with E-state index in [4.69, 9.17) is 14.3 Å². The number of furan rings is 1. The molecule has 6 rings (SSSR count). The lowest BCUT2D eigenvalue weighted by atomic mass is 10.1. The Bertz CT molecular complexity index is 1600. The van der Waals surface area contributed by atoms with Crippen molar-refractivity contribution in [2.45, 2.75) is 25.7 Å². The summed E-state index contributed by atoms with van der Waals surface area (Å²) in [6, 6.07) is 15.4. The highest BCUT2D eigenvalue weighted by Gasteiger charge is 2.40. The molecule has 4 heterocycles. The van der Waals surface area contributed by atoms with E-state index in [2.05, 4.69) is 25.9 Å². The fourth-order valence-corrected chi connectivity index (χ4v) is 4.81. The van der Waals surface area contributed by atoms with Crippen LogP contribution in [0.1, 0.15) is 24.3 Å². The van der Waals surface area contributed by atoms with E-state index < -0.39 is 12.3 Å². The van der Waals surface area contributed by atoms with Crippen molar-refractivity contribution < 1.29 is 13.9 Å². The molecule has 0 saturated carbocycles. The SMILES string of the molecule is CC1OC(c2cn(-c3ccc(Br)cc3)nc2-c2ccoc2)N(CCc2ccc3[nH]c(=O)[nH]c3c2)C1=O. The van der Waals surface area contributed by atoms with E-state index in [1.807, 2.05) is 54.7 Å². The number of amides is 1. The fraction of sp³-hybridized carbons (Fsp3) is 0.192. The molecule has 2 atom stereocenters. The van der Waals surface area contributed by atoms with Gasteiger partial charge in [-0.3, -0.25) is 4.79 Å². The third-order valence-electron chi connectivity index (χ3n) is 6.36. The van der Waals surface area contributed by atoms with Crippen LogP contribution in [-0.2, 0) is 16.0 Å². The normalized spacial score (nSPS) is 17.9. The molecular weight excluding hydrogens is 526 g/mol. The molecule has 36 heavy (non-hydrogen) atoms. The lowest BCUT2D eigenvalue weighted by Gasteiger charge is -2.23. The first-order valence-corrected chi connectivity index (χ1v) is 12.3. The van der Waals surface area contributed by atoms with Crippen molar-refractivity contribution >= 4 is 32.9 Å². The van der Waals surface area contributed by atoms with Crippen molar-refractivity contribution in [3.8, 4) is 16.9 Å². The number of carbonyl (C=O) groups excluding carboxylic acids is 1. The Morgan fingerprint density at radius 2 is 1.86 bits per heavy atom. The van der Waals surface area contributed by atoms with E-state index in [1.54, 1.807) is 29.0 Å². The zero-order valence-corrected chi connectivity index (χ0v) is 20.9. The Balaban J connectivity index is 1.34. The highest BCUT2D eigenvalue weighted by Crippen LogP contribution is 2.37. The molecule has 0 radical (unpaired) electrons. The number of hydrogen-bond acceptors (Lipinski definition) is 5. The van der Waals surface area contributed by atoms with Gasteiger partial charge >= 0.3 is 5.69 Å². The second-order valence-corrected chi connectivity index (χ2v) is 9.65. The summed E-state index contributed by atoms with van der Waals surface area (Å²) in [4.78, 5) is 32.0. The van der Waals surface area contributed by atoms with Gasteiger partial charge in [-0.15, -0.1) is 0 Å². The van der Waals surface area contributed by atoms with Crippen molar-refractivity contribution in [3.63, 3.8) is 0 Å². The Morgan fingerprint density at radius 3 is 2.64 bits per heavy atom. The topological polar surface area (TPSA) is 109 Å². The quantitative estimate of drug-likeness (QED) is 0.324. The maximum Gasteiger partial charge on any atom is 0.323 e. The Kier molecular flexibility index (Phi) is 5.62. The molecule has 1 amide bonds. The molecule has 1 saturated heterocycles. The van der Waals surface area contributed by atoms with E-state index in [-0.39, 0.29) is 11.6 Å². The minimum absolute atomic E-state index is 0.0781. The highest BCUT2D eigenvalue weighted by atomic mass is 79.9. The standard InChI is InChI=1S/C26H22BrN5O4/c1-15-24(33)31(10-8-16-2-7-21-22(12-16)29-26(34)28-21)25(36-15)20-13-32(19-5-3-18(27)4-6-19)30-23(20)17-9-11-35-14-17/h2-7,9,11-15,25H,8,10H2,1H3,(H2,28,29,34). The number of benzene rings is 2. The smallest absolute Gasteiger partial charge is 0.323 e. The van der Waals surface area contributed by atoms with E-state index in [9.17, 15) is 9.59 Å². The zero-order valence-electron chi connectivity index (χ0n) is 19.3. The highest BCUT2D eigenvalue weighted by molar-refractivity contribution is 9.10. The van der Waals surface area contributed by atoms with Gasteiger partial charge in [0.15, 0.2) is 6.23 Å². The van der Waals surface area contributed by atoms with Gasteiger partial charge in [0.05, 0.1) is 29.2 Å². The molecule has 0 spiro atoms. The molecule has 1 aliphatic heterocycles. The minimum Gasteiger partial charge on any atom is -0.472 e. The van der Waals surface area contributed by atoms with E-state index in [0.717, 1.165) is 37.9 Å². The number of halogens is 1. The lowest BCUT2D eigenvalue weighted by molar-refractivity contribution is -0.130. The van der Waals surface area contributed by atoms with Crippen LogP contribution < -0.4 is 5.69 Å². The van der Waals surface area contributed by atoms with Crippen molar-refractivity contribution in [3.05, 3.63) is 93.3 Å². The second kappa shape index (κ2) is 8.96. The number of ether oxygens (including phenoxy) is 1. The summed E-state index contributed by atoms with van der Waals surface area (Å²) >= 11 is 3.47. The number of H-pyrrole nitrogens is 2. The number of nitrogens with zero attached hydrogens (tertiary/aromatic N) is 3. The van der Waals surface area contributed by atoms with E-state index >= 15 is 0 Å². The van der Waals surface area contributed by atoms with Gasteiger partial charge < -0.3 is 24.0 Å². The Labute approximate surface area is 213 Å². The van der Waals surface area contributed by atoms with E-state index in [1.165, 1.54) is 0 Å². The fourth-order valence-electron chi connectivity index (χ4n) is 4.55. The maximum absolute atomic E-state index is 13.1. The molecule has 0 bridgehead atoms. The summed E-state index contributed by atoms with van der Waals surface area (Å²) in [5.41, 5.74) is 5.41. The first kappa shape index (κ1) is 22.6. The molecule has 0 aliphatic carbocycles. The van der Waals surface area contributed by atoms with Gasteiger partial charge in [-0.25, -0.2) is 9.48 Å². The number of rotatable bonds is 6. The first-order valence-electron chi connectivity index (χ1n) is 11.5. The number of aromatic nitrogens is 4. The van der Waals surface area contributed by atoms with Crippen LogP contribution >= 0.6 is 15.9 Å². The summed E-state index contributed by atoms with van der Waals surface area (Å²) in [6.07, 6.45) is 4.56. The predicted molar refractivity (Wildman–Crippen MR) is 137 cm³/mol. The molecule has 9 nitrogen and oxygen atoms in total. The molecule has 1 aliphatic rings. The largest absolute Gasteiger partial charge is 0.472 e. The Morgan fingerprint density at radius 1 is 1.06 bits per heavy atom. The first-order chi connectivity index (χ1) is 17.5. The van der Waals surface area contributed by atoms with Gasteiger partial charge in [-0.2, -0.15) is 5.10 Å². The van der Waals surface area contributed by atoms with Gasteiger partial charge in [-0.1, -0.05) is 22.0 Å². The lowest BCUT2D eigenvalue weighted by Crippen LogP contribution is -2.32. The number of hydrogen-bond donors (Lipinski definition) is 2. The average molecular weight is 548 g/mol. The Hall–Kier alpha value is -3.89. The predicted octanol–water partition coefficient (Wildman–Crippen LogP) is 4.55. The number of aromatic amines is 2. The number of imidazole rings is 1. The molecule has 2 aromatic carbocycles.